The normalized spacial score (nSPS) is 11.1. The molecule has 0 radical (unpaired) electrons. The summed E-state index contributed by atoms with van der Waals surface area (Å²) in [7, 11) is -3.65. The first-order valence-corrected chi connectivity index (χ1v) is 7.42. The average molecular weight is 290 g/mol. The number of nitrogens with one attached hydrogen (secondary N) is 1. The summed E-state index contributed by atoms with van der Waals surface area (Å²) in [4.78, 5) is 14.6. The van der Waals surface area contributed by atoms with Gasteiger partial charge in [0.05, 0.1) is 16.8 Å². The van der Waals surface area contributed by atoms with Crippen molar-refractivity contribution < 1.29 is 13.2 Å². The van der Waals surface area contributed by atoms with Gasteiger partial charge in [0.1, 0.15) is 5.69 Å². The Bertz CT molecular complexity index is 738. The van der Waals surface area contributed by atoms with Gasteiger partial charge in [-0.25, -0.2) is 8.42 Å². The topological polar surface area (TPSA) is 76.1 Å². The minimum absolute atomic E-state index is 0.182. The minimum Gasteiger partial charge on any atom is -0.296 e. The van der Waals surface area contributed by atoms with Gasteiger partial charge in [-0.05, 0) is 37.6 Å². The summed E-state index contributed by atoms with van der Waals surface area (Å²) in [5.74, 6) is 0. The largest absolute Gasteiger partial charge is 0.296 e. The fraction of sp³-hybridized carbons (Fsp3) is 0.143. The van der Waals surface area contributed by atoms with Crippen LogP contribution in [0.2, 0.25) is 0 Å². The van der Waals surface area contributed by atoms with E-state index in [9.17, 15) is 13.2 Å². The van der Waals surface area contributed by atoms with E-state index in [2.05, 4.69) is 9.71 Å². The third-order valence-corrected chi connectivity index (χ3v) is 4.21. The Kier molecular flexibility index (Phi) is 3.85. The fourth-order valence-electron chi connectivity index (χ4n) is 1.67. The van der Waals surface area contributed by atoms with E-state index in [1.807, 2.05) is 6.92 Å². The highest BCUT2D eigenvalue weighted by Gasteiger charge is 2.15. The molecule has 0 aliphatic heterocycles. The zero-order valence-electron chi connectivity index (χ0n) is 11.1. The van der Waals surface area contributed by atoms with Gasteiger partial charge in [-0.2, -0.15) is 0 Å². The lowest BCUT2D eigenvalue weighted by Gasteiger charge is -2.10. The van der Waals surface area contributed by atoms with Crippen molar-refractivity contribution in [2.75, 3.05) is 4.72 Å². The molecule has 1 N–H and O–H groups in total. The molecule has 5 nitrogen and oxygen atoms in total. The molecule has 0 saturated carbocycles. The summed E-state index contributed by atoms with van der Waals surface area (Å²) in [6.07, 6.45) is 1.95. The van der Waals surface area contributed by atoms with Crippen molar-refractivity contribution in [3.63, 3.8) is 0 Å². The molecule has 1 aromatic carbocycles. The standard InChI is InChI=1S/C14H14N2O3S/c1-10-3-5-13(6-4-10)20(18,19)16-14-8-15-12(9-17)7-11(14)2/h3-9,16H,1-2H3. The molecule has 104 valence electrons. The van der Waals surface area contributed by atoms with Gasteiger partial charge in [-0.1, -0.05) is 17.7 Å². The first kappa shape index (κ1) is 14.2. The number of pyridine rings is 1. The second-order valence-electron chi connectivity index (χ2n) is 4.46. The molecule has 0 unspecified atom stereocenters. The highest BCUT2D eigenvalue weighted by atomic mass is 32.2. The van der Waals surface area contributed by atoms with Crippen molar-refractivity contribution in [1.82, 2.24) is 4.98 Å². The molecule has 0 saturated heterocycles. The van der Waals surface area contributed by atoms with Crippen LogP contribution in [-0.2, 0) is 10.0 Å². The summed E-state index contributed by atoms with van der Waals surface area (Å²) >= 11 is 0. The molecule has 0 aliphatic rings. The smallest absolute Gasteiger partial charge is 0.261 e. The predicted octanol–water partition coefficient (Wildman–Crippen LogP) is 2.31. The number of sulfonamides is 1. The number of hydrogen-bond acceptors (Lipinski definition) is 4. The summed E-state index contributed by atoms with van der Waals surface area (Å²) < 4.78 is 26.9. The van der Waals surface area contributed by atoms with Gasteiger partial charge in [-0.15, -0.1) is 0 Å². The van der Waals surface area contributed by atoms with Crippen LogP contribution in [0.4, 0.5) is 5.69 Å². The van der Waals surface area contributed by atoms with Crippen LogP contribution in [0.15, 0.2) is 41.4 Å². The molecule has 6 heteroatoms. The van der Waals surface area contributed by atoms with E-state index in [1.165, 1.54) is 12.3 Å². The number of nitrogens with zero attached hydrogens (tertiary/aromatic N) is 1. The van der Waals surface area contributed by atoms with Crippen LogP contribution in [0, 0.1) is 13.8 Å². The maximum Gasteiger partial charge on any atom is 0.261 e. The van der Waals surface area contributed by atoms with Crippen LogP contribution in [0.5, 0.6) is 0 Å². The zero-order chi connectivity index (χ0) is 14.8. The number of hydrogen-bond donors (Lipinski definition) is 1. The van der Waals surface area contributed by atoms with E-state index in [4.69, 9.17) is 0 Å². The number of carbonyl (C=O) groups is 1. The SMILES string of the molecule is Cc1ccc(S(=O)(=O)Nc2cnc(C=O)cc2C)cc1. The zero-order valence-corrected chi connectivity index (χ0v) is 11.9. The first-order chi connectivity index (χ1) is 9.42. The molecule has 0 aliphatic carbocycles. The summed E-state index contributed by atoms with van der Waals surface area (Å²) in [5, 5.41) is 0. The number of aryl methyl sites for hydroxylation is 2. The number of carbonyl (C=O) groups excluding carboxylic acids is 1. The third-order valence-electron chi connectivity index (χ3n) is 2.83. The number of aromatic nitrogens is 1. The highest BCUT2D eigenvalue weighted by Crippen LogP contribution is 2.19. The van der Waals surface area contributed by atoms with E-state index in [-0.39, 0.29) is 10.6 Å². The van der Waals surface area contributed by atoms with E-state index < -0.39 is 10.0 Å². The quantitative estimate of drug-likeness (QED) is 0.877. The van der Waals surface area contributed by atoms with Gasteiger partial charge >= 0.3 is 0 Å². The maximum absolute atomic E-state index is 12.2. The lowest BCUT2D eigenvalue weighted by atomic mass is 10.2. The Labute approximate surface area is 117 Å². The Morgan fingerprint density at radius 1 is 1.15 bits per heavy atom. The molecule has 20 heavy (non-hydrogen) atoms. The molecular weight excluding hydrogens is 276 g/mol. The van der Waals surface area contributed by atoms with Crippen LogP contribution < -0.4 is 4.72 Å². The van der Waals surface area contributed by atoms with Gasteiger partial charge < -0.3 is 0 Å². The lowest BCUT2D eigenvalue weighted by Crippen LogP contribution is -2.14. The van der Waals surface area contributed by atoms with Gasteiger partial charge in [-0.3, -0.25) is 14.5 Å². The number of aldehydes is 1. The van der Waals surface area contributed by atoms with Crippen molar-refractivity contribution in [2.24, 2.45) is 0 Å². The van der Waals surface area contributed by atoms with Crippen LogP contribution in [0.1, 0.15) is 21.6 Å². The Balaban J connectivity index is 2.33. The molecule has 0 atom stereocenters. The van der Waals surface area contributed by atoms with Gasteiger partial charge in [0.15, 0.2) is 6.29 Å². The van der Waals surface area contributed by atoms with Gasteiger partial charge in [0.2, 0.25) is 0 Å². The summed E-state index contributed by atoms with van der Waals surface area (Å²) in [6, 6.07) is 8.07. The van der Waals surface area contributed by atoms with E-state index in [0.29, 0.717) is 17.5 Å². The first-order valence-electron chi connectivity index (χ1n) is 5.94. The molecule has 1 aromatic heterocycles. The van der Waals surface area contributed by atoms with Crippen molar-refractivity contribution in [3.8, 4) is 0 Å². The van der Waals surface area contributed by atoms with Crippen LogP contribution in [0.25, 0.3) is 0 Å². The minimum atomic E-state index is -3.65. The Morgan fingerprint density at radius 3 is 2.35 bits per heavy atom. The molecule has 0 bridgehead atoms. The Morgan fingerprint density at radius 2 is 1.80 bits per heavy atom. The average Bonchev–Trinajstić information content (AvgIpc) is 2.41. The van der Waals surface area contributed by atoms with Crippen molar-refractivity contribution >= 4 is 22.0 Å². The van der Waals surface area contributed by atoms with Crippen molar-refractivity contribution in [3.05, 3.63) is 53.3 Å². The fourth-order valence-corrected chi connectivity index (χ4v) is 2.79. The van der Waals surface area contributed by atoms with E-state index in [0.717, 1.165) is 5.56 Å². The van der Waals surface area contributed by atoms with E-state index >= 15 is 0 Å². The summed E-state index contributed by atoms with van der Waals surface area (Å²) in [5.41, 5.74) is 2.24. The number of rotatable bonds is 4. The predicted molar refractivity (Wildman–Crippen MR) is 76.3 cm³/mol. The van der Waals surface area contributed by atoms with Crippen LogP contribution >= 0.6 is 0 Å². The van der Waals surface area contributed by atoms with Crippen molar-refractivity contribution in [1.29, 1.82) is 0 Å². The van der Waals surface area contributed by atoms with Gasteiger partial charge in [0, 0.05) is 0 Å². The number of anilines is 1. The van der Waals surface area contributed by atoms with E-state index in [1.54, 1.807) is 31.2 Å². The third kappa shape index (κ3) is 3.03. The molecule has 0 amide bonds. The molecule has 2 rings (SSSR count). The molecule has 1 heterocycles. The second-order valence-corrected chi connectivity index (χ2v) is 6.14. The van der Waals surface area contributed by atoms with Crippen LogP contribution in [0.3, 0.4) is 0 Å². The van der Waals surface area contributed by atoms with Gasteiger partial charge in [0.25, 0.3) is 10.0 Å². The van der Waals surface area contributed by atoms with Crippen molar-refractivity contribution in [2.45, 2.75) is 18.7 Å². The van der Waals surface area contributed by atoms with Crippen LogP contribution in [-0.4, -0.2) is 19.7 Å². The summed E-state index contributed by atoms with van der Waals surface area (Å²) in [6.45, 7) is 3.59. The molecule has 0 spiro atoms. The molecule has 0 fully saturated rings. The molecule has 2 aromatic rings. The Hall–Kier alpha value is -2.21. The monoisotopic (exact) mass is 290 g/mol. The highest BCUT2D eigenvalue weighted by molar-refractivity contribution is 7.92. The second kappa shape index (κ2) is 5.42. The lowest BCUT2D eigenvalue weighted by molar-refractivity contribution is 0.111. The number of benzene rings is 1. The maximum atomic E-state index is 12.2. The molecular formula is C14H14N2O3S.